The second-order valence-electron chi connectivity index (χ2n) is 7.39. The van der Waals surface area contributed by atoms with E-state index in [1.807, 2.05) is 25.1 Å². The third-order valence-electron chi connectivity index (χ3n) is 5.15. The first-order valence-electron chi connectivity index (χ1n) is 9.64. The average molecular weight is 387 g/mol. The van der Waals surface area contributed by atoms with Crippen LogP contribution in [-0.2, 0) is 11.3 Å². The lowest BCUT2D eigenvalue weighted by Gasteiger charge is -2.28. The van der Waals surface area contributed by atoms with Crippen molar-refractivity contribution in [3.8, 4) is 23.0 Å². The molecule has 0 unspecified atom stereocenters. The number of nitrogens with one attached hydrogen (secondary N) is 1. The third kappa shape index (κ3) is 4.30. The fraction of sp³-hybridized carbons (Fsp3) is 0.524. The van der Waals surface area contributed by atoms with Gasteiger partial charge in [-0.1, -0.05) is 6.07 Å². The first-order chi connectivity index (χ1) is 13.4. The van der Waals surface area contributed by atoms with Crippen molar-refractivity contribution in [3.63, 3.8) is 0 Å². The maximum atomic E-state index is 11.5. The van der Waals surface area contributed by atoms with E-state index in [-0.39, 0.29) is 11.9 Å². The summed E-state index contributed by atoms with van der Waals surface area (Å²) < 4.78 is 16.9. The number of oxazole rings is 1. The lowest BCUT2D eigenvalue weighted by atomic mass is 10.1. The zero-order chi connectivity index (χ0) is 20.3. The highest BCUT2D eigenvalue weighted by Gasteiger charge is 2.26. The lowest BCUT2D eigenvalue weighted by Crippen LogP contribution is -2.41. The van der Waals surface area contributed by atoms with Crippen LogP contribution < -0.4 is 14.8 Å². The molecule has 2 heterocycles. The Bertz CT molecular complexity index is 831. The van der Waals surface area contributed by atoms with Crippen LogP contribution in [0.1, 0.15) is 38.1 Å². The number of rotatable bonds is 8. The van der Waals surface area contributed by atoms with E-state index in [9.17, 15) is 4.79 Å². The van der Waals surface area contributed by atoms with Gasteiger partial charge in [0.1, 0.15) is 5.76 Å². The zero-order valence-corrected chi connectivity index (χ0v) is 17.2. The van der Waals surface area contributed by atoms with E-state index in [0.717, 1.165) is 30.0 Å². The van der Waals surface area contributed by atoms with Crippen LogP contribution in [0.15, 0.2) is 22.6 Å². The summed E-state index contributed by atoms with van der Waals surface area (Å²) in [6, 6.07) is 6.16. The number of benzene rings is 1. The fourth-order valence-corrected chi connectivity index (χ4v) is 3.49. The van der Waals surface area contributed by atoms with Gasteiger partial charge in [0.2, 0.25) is 11.8 Å². The van der Waals surface area contributed by atoms with Crippen LogP contribution in [0.2, 0.25) is 0 Å². The molecule has 1 aromatic heterocycles. The molecular weight excluding hydrogens is 358 g/mol. The van der Waals surface area contributed by atoms with Crippen molar-refractivity contribution in [2.75, 3.05) is 20.8 Å². The maximum absolute atomic E-state index is 11.5. The van der Waals surface area contributed by atoms with Gasteiger partial charge in [0.15, 0.2) is 11.5 Å². The topological polar surface area (TPSA) is 76.8 Å². The van der Waals surface area contributed by atoms with Crippen LogP contribution in [0.3, 0.4) is 0 Å². The molecule has 0 saturated carbocycles. The second-order valence-corrected chi connectivity index (χ2v) is 7.39. The molecule has 2 aromatic rings. The Balaban J connectivity index is 1.82. The summed E-state index contributed by atoms with van der Waals surface area (Å²) in [4.78, 5) is 18.6. The molecule has 1 aromatic carbocycles. The van der Waals surface area contributed by atoms with E-state index in [0.29, 0.717) is 36.4 Å². The zero-order valence-electron chi connectivity index (χ0n) is 17.2. The van der Waals surface area contributed by atoms with Crippen LogP contribution >= 0.6 is 0 Å². The minimum Gasteiger partial charge on any atom is -0.493 e. The molecular formula is C21H29N3O4. The van der Waals surface area contributed by atoms with Crippen molar-refractivity contribution in [2.45, 2.75) is 52.2 Å². The SMILES string of the molecule is COc1cccc(-c2nc(CN(C[C@H]3CCC(=O)N3)C(C)C)c(C)o2)c1OC. The van der Waals surface area contributed by atoms with Crippen molar-refractivity contribution < 1.29 is 18.7 Å². The third-order valence-corrected chi connectivity index (χ3v) is 5.15. The van der Waals surface area contributed by atoms with E-state index in [2.05, 4.69) is 24.1 Å². The molecule has 7 nitrogen and oxygen atoms in total. The van der Waals surface area contributed by atoms with Gasteiger partial charge in [0.25, 0.3) is 0 Å². The summed E-state index contributed by atoms with van der Waals surface area (Å²) in [5, 5.41) is 3.04. The van der Waals surface area contributed by atoms with Crippen LogP contribution in [-0.4, -0.2) is 48.6 Å². The molecule has 1 aliphatic heterocycles. The van der Waals surface area contributed by atoms with Gasteiger partial charge in [0, 0.05) is 31.6 Å². The highest BCUT2D eigenvalue weighted by molar-refractivity contribution is 5.78. The van der Waals surface area contributed by atoms with Gasteiger partial charge in [-0.3, -0.25) is 9.69 Å². The van der Waals surface area contributed by atoms with Crippen molar-refractivity contribution >= 4 is 5.91 Å². The van der Waals surface area contributed by atoms with Gasteiger partial charge < -0.3 is 19.2 Å². The largest absolute Gasteiger partial charge is 0.493 e. The van der Waals surface area contributed by atoms with Gasteiger partial charge in [-0.15, -0.1) is 0 Å². The summed E-state index contributed by atoms with van der Waals surface area (Å²) in [5.74, 6) is 2.67. The Kier molecular flexibility index (Phi) is 6.24. The summed E-state index contributed by atoms with van der Waals surface area (Å²) >= 11 is 0. The van der Waals surface area contributed by atoms with Crippen LogP contribution in [0.5, 0.6) is 11.5 Å². The molecule has 0 spiro atoms. The molecule has 28 heavy (non-hydrogen) atoms. The van der Waals surface area contributed by atoms with Crippen molar-refractivity contribution in [1.82, 2.24) is 15.2 Å². The summed E-state index contributed by atoms with van der Waals surface area (Å²) in [6.07, 6.45) is 1.49. The van der Waals surface area contributed by atoms with Gasteiger partial charge in [-0.2, -0.15) is 0 Å². The lowest BCUT2D eigenvalue weighted by molar-refractivity contribution is -0.119. The van der Waals surface area contributed by atoms with Crippen molar-refractivity contribution in [1.29, 1.82) is 0 Å². The van der Waals surface area contributed by atoms with Crippen LogP contribution in [0.25, 0.3) is 11.5 Å². The fourth-order valence-electron chi connectivity index (χ4n) is 3.49. The van der Waals surface area contributed by atoms with Crippen molar-refractivity contribution in [2.24, 2.45) is 0 Å². The standard InChI is InChI=1S/C21H29N3O4/c1-13(2)24(11-15-9-10-19(25)22-15)12-17-14(3)28-21(23-17)16-7-6-8-18(26-4)20(16)27-5/h6-8,13,15H,9-12H2,1-5H3,(H,22,25)/t15-/m1/s1. The Morgan fingerprint density at radius 3 is 2.71 bits per heavy atom. The number of methoxy groups -OCH3 is 2. The average Bonchev–Trinajstić information content (AvgIpc) is 3.25. The van der Waals surface area contributed by atoms with Crippen LogP contribution in [0, 0.1) is 6.92 Å². The first kappa shape index (κ1) is 20.2. The maximum Gasteiger partial charge on any atom is 0.230 e. The molecule has 1 atom stereocenters. The van der Waals surface area contributed by atoms with Gasteiger partial charge in [0.05, 0.1) is 25.5 Å². The molecule has 152 valence electrons. The number of carbonyl (C=O) groups is 1. The molecule has 1 saturated heterocycles. The van der Waals surface area contributed by atoms with E-state index >= 15 is 0 Å². The number of carbonyl (C=O) groups excluding carboxylic acids is 1. The second kappa shape index (κ2) is 8.65. The smallest absolute Gasteiger partial charge is 0.230 e. The molecule has 1 amide bonds. The highest BCUT2D eigenvalue weighted by Crippen LogP contribution is 2.38. The summed E-state index contributed by atoms with van der Waals surface area (Å²) in [7, 11) is 3.21. The van der Waals surface area contributed by atoms with E-state index in [1.165, 1.54) is 0 Å². The highest BCUT2D eigenvalue weighted by atomic mass is 16.5. The Labute approximate surface area is 166 Å². The minimum atomic E-state index is 0.138. The summed E-state index contributed by atoms with van der Waals surface area (Å²) in [5.41, 5.74) is 1.65. The molecule has 1 aliphatic rings. The number of nitrogens with zero attached hydrogens (tertiary/aromatic N) is 2. The normalized spacial score (nSPS) is 16.7. The number of para-hydroxylation sites is 1. The Hall–Kier alpha value is -2.54. The monoisotopic (exact) mass is 387 g/mol. The summed E-state index contributed by atoms with van der Waals surface area (Å²) in [6.45, 7) is 7.68. The van der Waals surface area contributed by atoms with Crippen molar-refractivity contribution in [3.05, 3.63) is 29.7 Å². The number of aromatic nitrogens is 1. The molecule has 1 fully saturated rings. The predicted molar refractivity (Wildman–Crippen MR) is 106 cm³/mol. The molecule has 1 N–H and O–H groups in total. The quantitative estimate of drug-likeness (QED) is 0.750. The first-order valence-corrected chi connectivity index (χ1v) is 9.64. The Morgan fingerprint density at radius 2 is 2.11 bits per heavy atom. The van der Waals surface area contributed by atoms with E-state index < -0.39 is 0 Å². The van der Waals surface area contributed by atoms with E-state index in [1.54, 1.807) is 14.2 Å². The molecule has 3 rings (SSSR count). The number of amides is 1. The number of ether oxygens (including phenoxy) is 2. The number of aryl methyl sites for hydroxylation is 1. The number of hydrogen-bond donors (Lipinski definition) is 1. The molecule has 0 bridgehead atoms. The van der Waals surface area contributed by atoms with Gasteiger partial charge in [-0.05, 0) is 39.3 Å². The number of hydrogen-bond acceptors (Lipinski definition) is 6. The van der Waals surface area contributed by atoms with Gasteiger partial charge >= 0.3 is 0 Å². The van der Waals surface area contributed by atoms with Gasteiger partial charge in [-0.25, -0.2) is 4.98 Å². The molecule has 7 heteroatoms. The Morgan fingerprint density at radius 1 is 1.32 bits per heavy atom. The van der Waals surface area contributed by atoms with Crippen LogP contribution in [0.4, 0.5) is 0 Å². The van der Waals surface area contributed by atoms with E-state index in [4.69, 9.17) is 18.9 Å². The predicted octanol–water partition coefficient (Wildman–Crippen LogP) is 3.16. The minimum absolute atomic E-state index is 0.138. The molecule has 0 radical (unpaired) electrons. The molecule has 0 aliphatic carbocycles.